The van der Waals surface area contributed by atoms with Crippen LogP contribution in [0.25, 0.3) is 27.3 Å². The number of phenolic OH excluding ortho intramolecular Hbond substituents is 1. The van der Waals surface area contributed by atoms with E-state index < -0.39 is 0 Å². The third kappa shape index (κ3) is 3.64. The van der Waals surface area contributed by atoms with Crippen LogP contribution in [0.2, 0.25) is 0 Å². The van der Waals surface area contributed by atoms with Crippen LogP contribution in [-0.4, -0.2) is 30.8 Å². The summed E-state index contributed by atoms with van der Waals surface area (Å²) in [6.45, 7) is 1.93. The van der Waals surface area contributed by atoms with Crippen LogP contribution >= 0.6 is 11.3 Å². The molecule has 2 N–H and O–H groups in total. The molecule has 31 heavy (non-hydrogen) atoms. The Kier molecular flexibility index (Phi) is 4.68. The molecule has 0 bridgehead atoms. The minimum Gasteiger partial charge on any atom is -0.508 e. The van der Waals surface area contributed by atoms with Crippen molar-refractivity contribution in [2.45, 2.75) is 6.92 Å². The van der Waals surface area contributed by atoms with Crippen LogP contribution in [0, 0.1) is 6.92 Å². The van der Waals surface area contributed by atoms with Crippen molar-refractivity contribution in [1.29, 1.82) is 0 Å². The number of carbonyl (C=O) groups excluding carboxylic acids is 1. The Morgan fingerprint density at radius 3 is 2.55 bits per heavy atom. The summed E-state index contributed by atoms with van der Waals surface area (Å²) in [6.07, 6.45) is 3.10. The van der Waals surface area contributed by atoms with E-state index in [9.17, 15) is 9.90 Å². The Morgan fingerprint density at radius 1 is 1.03 bits per heavy atom. The van der Waals surface area contributed by atoms with Gasteiger partial charge in [-0.15, -0.1) is 11.3 Å². The predicted octanol–water partition coefficient (Wildman–Crippen LogP) is 4.81. The lowest BCUT2D eigenvalue weighted by atomic mass is 10.2. The molecule has 3 heterocycles. The summed E-state index contributed by atoms with van der Waals surface area (Å²) in [5, 5.41) is 18.0. The number of nitrogens with one attached hydrogen (secondary N) is 1. The minimum absolute atomic E-state index is 0.146. The lowest BCUT2D eigenvalue weighted by Crippen LogP contribution is -2.10. The molecule has 0 aliphatic rings. The third-order valence-electron chi connectivity index (χ3n) is 4.78. The molecule has 5 rings (SSSR count). The van der Waals surface area contributed by atoms with Crippen molar-refractivity contribution >= 4 is 33.1 Å². The fourth-order valence-electron chi connectivity index (χ4n) is 3.28. The average molecular weight is 427 g/mol. The fourth-order valence-corrected chi connectivity index (χ4v) is 4.36. The summed E-state index contributed by atoms with van der Waals surface area (Å²) >= 11 is 1.39. The van der Waals surface area contributed by atoms with Crippen molar-refractivity contribution in [2.75, 3.05) is 5.32 Å². The van der Waals surface area contributed by atoms with Gasteiger partial charge in [0.2, 0.25) is 0 Å². The summed E-state index contributed by atoms with van der Waals surface area (Å²) < 4.78 is 1.86. The highest BCUT2D eigenvalue weighted by Crippen LogP contribution is 2.31. The van der Waals surface area contributed by atoms with Crippen LogP contribution < -0.4 is 5.32 Å². The lowest BCUT2D eigenvalue weighted by Gasteiger charge is -2.05. The number of rotatable bonds is 4. The molecule has 0 fully saturated rings. The molecule has 2 aromatic carbocycles. The number of para-hydroxylation sites is 1. The van der Waals surface area contributed by atoms with Gasteiger partial charge in [0.05, 0.1) is 34.3 Å². The van der Waals surface area contributed by atoms with Crippen molar-refractivity contribution in [3.8, 4) is 22.8 Å². The molecule has 0 unspecified atom stereocenters. The number of thiophene rings is 1. The first-order valence-corrected chi connectivity index (χ1v) is 10.4. The van der Waals surface area contributed by atoms with Crippen molar-refractivity contribution in [3.63, 3.8) is 0 Å². The second-order valence-corrected chi connectivity index (χ2v) is 7.99. The summed E-state index contributed by atoms with van der Waals surface area (Å²) in [5.41, 5.74) is 3.01. The van der Waals surface area contributed by atoms with E-state index >= 15 is 0 Å². The topological polar surface area (TPSA) is 92.9 Å². The number of aromatic hydroxyl groups is 1. The zero-order valence-corrected chi connectivity index (χ0v) is 17.3. The highest BCUT2D eigenvalue weighted by atomic mass is 32.1. The van der Waals surface area contributed by atoms with Gasteiger partial charge < -0.3 is 10.4 Å². The summed E-state index contributed by atoms with van der Waals surface area (Å²) in [5.74, 6) is 0.385. The van der Waals surface area contributed by atoms with Gasteiger partial charge in [-0.25, -0.2) is 14.6 Å². The first-order valence-electron chi connectivity index (χ1n) is 9.56. The van der Waals surface area contributed by atoms with E-state index in [1.54, 1.807) is 30.6 Å². The van der Waals surface area contributed by atoms with E-state index in [0.29, 0.717) is 22.0 Å². The molecule has 0 radical (unpaired) electrons. The number of benzene rings is 2. The Labute approximate surface area is 181 Å². The second kappa shape index (κ2) is 7.66. The Morgan fingerprint density at radius 2 is 1.81 bits per heavy atom. The number of anilines is 1. The number of fused-ring (bicyclic) bond motifs is 1. The number of phenols is 1. The van der Waals surface area contributed by atoms with Gasteiger partial charge in [-0.05, 0) is 37.3 Å². The highest BCUT2D eigenvalue weighted by molar-refractivity contribution is 7.20. The zero-order valence-electron chi connectivity index (χ0n) is 16.5. The van der Waals surface area contributed by atoms with Crippen LogP contribution in [0.15, 0.2) is 73.1 Å². The van der Waals surface area contributed by atoms with Gasteiger partial charge in [-0.2, -0.15) is 5.10 Å². The van der Waals surface area contributed by atoms with Crippen molar-refractivity contribution < 1.29 is 9.90 Å². The SMILES string of the molecule is Cc1nn(-c2ccccc2)c2sc(C(=O)Nc3cnc(-c4cccc(O)c4)nc3)cc12. The second-order valence-electron chi connectivity index (χ2n) is 6.96. The van der Waals surface area contributed by atoms with E-state index in [-0.39, 0.29) is 11.7 Å². The van der Waals surface area contributed by atoms with E-state index in [2.05, 4.69) is 20.4 Å². The van der Waals surface area contributed by atoms with Crippen LogP contribution in [0.5, 0.6) is 5.75 Å². The molecule has 0 atom stereocenters. The van der Waals surface area contributed by atoms with Crippen molar-refractivity contribution in [3.05, 3.63) is 83.6 Å². The molecule has 7 nitrogen and oxygen atoms in total. The Balaban J connectivity index is 1.39. The normalized spacial score (nSPS) is 11.0. The summed E-state index contributed by atoms with van der Waals surface area (Å²) in [7, 11) is 0. The predicted molar refractivity (Wildman–Crippen MR) is 121 cm³/mol. The quantitative estimate of drug-likeness (QED) is 0.429. The van der Waals surface area contributed by atoms with Crippen LogP contribution in [-0.2, 0) is 0 Å². The zero-order chi connectivity index (χ0) is 21.4. The fraction of sp³-hybridized carbons (Fsp3) is 0.0435. The highest BCUT2D eigenvalue weighted by Gasteiger charge is 2.17. The van der Waals surface area contributed by atoms with Crippen molar-refractivity contribution in [2.24, 2.45) is 0 Å². The van der Waals surface area contributed by atoms with Gasteiger partial charge in [0.15, 0.2) is 5.82 Å². The Bertz CT molecular complexity index is 1390. The number of aromatic nitrogens is 4. The average Bonchev–Trinajstić information content (AvgIpc) is 3.36. The summed E-state index contributed by atoms with van der Waals surface area (Å²) in [6, 6.07) is 18.4. The molecule has 0 saturated carbocycles. The monoisotopic (exact) mass is 427 g/mol. The maximum atomic E-state index is 12.8. The van der Waals surface area contributed by atoms with E-state index in [1.165, 1.54) is 11.3 Å². The van der Waals surface area contributed by atoms with Gasteiger partial charge in [0, 0.05) is 10.9 Å². The number of amides is 1. The first kappa shape index (κ1) is 19.0. The number of hydrogen-bond acceptors (Lipinski definition) is 6. The number of nitrogens with zero attached hydrogens (tertiary/aromatic N) is 4. The van der Waals surface area contributed by atoms with E-state index in [0.717, 1.165) is 21.6 Å². The van der Waals surface area contributed by atoms with Gasteiger partial charge in [-0.3, -0.25) is 4.79 Å². The third-order valence-corrected chi connectivity index (χ3v) is 5.89. The standard InChI is InChI=1S/C23H17N5O2S/c1-14-19-11-20(31-23(19)28(27-14)17-7-3-2-4-8-17)22(30)26-16-12-24-21(25-13-16)15-6-5-9-18(29)10-15/h2-13,29H,1H3,(H,26,30). The largest absolute Gasteiger partial charge is 0.508 e. The molecule has 0 aliphatic heterocycles. The Hall–Kier alpha value is -4.04. The van der Waals surface area contributed by atoms with Gasteiger partial charge in [0.1, 0.15) is 10.6 Å². The van der Waals surface area contributed by atoms with Gasteiger partial charge in [-0.1, -0.05) is 30.3 Å². The molecule has 8 heteroatoms. The number of aryl methyl sites for hydroxylation is 1. The van der Waals surface area contributed by atoms with Crippen LogP contribution in [0.4, 0.5) is 5.69 Å². The lowest BCUT2D eigenvalue weighted by molar-refractivity contribution is 0.103. The van der Waals surface area contributed by atoms with Crippen LogP contribution in [0.1, 0.15) is 15.4 Å². The molecule has 152 valence electrons. The summed E-state index contributed by atoms with van der Waals surface area (Å²) in [4.78, 5) is 22.9. The maximum Gasteiger partial charge on any atom is 0.265 e. The molecule has 1 amide bonds. The maximum absolute atomic E-state index is 12.8. The molecule has 0 aliphatic carbocycles. The van der Waals surface area contributed by atoms with E-state index in [1.807, 2.05) is 54.1 Å². The smallest absolute Gasteiger partial charge is 0.265 e. The molecule has 5 aromatic rings. The van der Waals surface area contributed by atoms with Gasteiger partial charge >= 0.3 is 0 Å². The van der Waals surface area contributed by atoms with Gasteiger partial charge in [0.25, 0.3) is 5.91 Å². The number of hydrogen-bond donors (Lipinski definition) is 2. The molecular formula is C23H17N5O2S. The number of carbonyl (C=O) groups is 1. The van der Waals surface area contributed by atoms with Crippen LogP contribution in [0.3, 0.4) is 0 Å². The first-order chi connectivity index (χ1) is 15.1. The molecule has 0 spiro atoms. The molecule has 0 saturated heterocycles. The van der Waals surface area contributed by atoms with Crippen molar-refractivity contribution in [1.82, 2.24) is 19.7 Å². The molecule has 3 aromatic heterocycles. The minimum atomic E-state index is -0.228. The molecular weight excluding hydrogens is 410 g/mol. The van der Waals surface area contributed by atoms with E-state index in [4.69, 9.17) is 0 Å².